The van der Waals surface area contributed by atoms with Crippen LogP contribution < -0.4 is 4.90 Å². The summed E-state index contributed by atoms with van der Waals surface area (Å²) in [7, 11) is 0. The molecular weight excluding hydrogens is 279 g/mol. The average Bonchev–Trinajstić information content (AvgIpc) is 2.37. The third kappa shape index (κ3) is 3.56. The highest BCUT2D eigenvalue weighted by Gasteiger charge is 2.34. The third-order valence-corrected chi connectivity index (χ3v) is 2.76. The topological polar surface area (TPSA) is 75.5 Å². The van der Waals surface area contributed by atoms with E-state index >= 15 is 0 Å². The summed E-state index contributed by atoms with van der Waals surface area (Å²) >= 11 is 0. The molecule has 1 aromatic heterocycles. The van der Waals surface area contributed by atoms with Crippen molar-refractivity contribution >= 4 is 11.9 Å². The summed E-state index contributed by atoms with van der Waals surface area (Å²) in [5.74, 6) is -1.10. The standard InChI is InChI=1S/C11H12F3N3O3/c12-11(13,14)8-1-2-15-10(16-8)17-3-4-20-7(6-17)5-9(18)19/h1-2,7H,3-6H2,(H,18,19). The van der Waals surface area contributed by atoms with Crippen molar-refractivity contribution in [1.82, 2.24) is 9.97 Å². The number of carboxylic acids is 1. The van der Waals surface area contributed by atoms with Gasteiger partial charge in [0, 0.05) is 19.3 Å². The summed E-state index contributed by atoms with van der Waals surface area (Å²) in [4.78, 5) is 19.4. The second-order valence-corrected chi connectivity index (χ2v) is 4.28. The van der Waals surface area contributed by atoms with E-state index in [-0.39, 0.29) is 25.5 Å². The van der Waals surface area contributed by atoms with E-state index in [2.05, 4.69) is 9.97 Å². The Morgan fingerprint density at radius 3 is 2.95 bits per heavy atom. The molecule has 0 radical (unpaired) electrons. The van der Waals surface area contributed by atoms with Crippen molar-refractivity contribution in [2.75, 3.05) is 24.6 Å². The molecule has 0 aromatic carbocycles. The van der Waals surface area contributed by atoms with Gasteiger partial charge in [-0.1, -0.05) is 0 Å². The number of hydrogen-bond acceptors (Lipinski definition) is 5. The zero-order valence-electron chi connectivity index (χ0n) is 10.3. The van der Waals surface area contributed by atoms with Gasteiger partial charge < -0.3 is 14.7 Å². The normalized spacial score (nSPS) is 19.9. The number of nitrogens with zero attached hydrogens (tertiary/aromatic N) is 3. The molecule has 0 amide bonds. The van der Waals surface area contributed by atoms with Crippen LogP contribution in [0, 0.1) is 0 Å². The maximum absolute atomic E-state index is 12.6. The van der Waals surface area contributed by atoms with E-state index in [1.54, 1.807) is 0 Å². The number of alkyl halides is 3. The van der Waals surface area contributed by atoms with Gasteiger partial charge in [0.05, 0.1) is 19.1 Å². The first kappa shape index (κ1) is 14.5. The number of hydrogen-bond donors (Lipinski definition) is 1. The number of anilines is 1. The molecule has 6 nitrogen and oxygen atoms in total. The molecule has 110 valence electrons. The van der Waals surface area contributed by atoms with Crippen LogP contribution in [0.25, 0.3) is 0 Å². The number of morpholine rings is 1. The molecule has 9 heteroatoms. The summed E-state index contributed by atoms with van der Waals surface area (Å²) in [6.07, 6.45) is -4.30. The Kier molecular flexibility index (Phi) is 4.07. The van der Waals surface area contributed by atoms with E-state index in [1.807, 2.05) is 0 Å². The Labute approximate surface area is 112 Å². The van der Waals surface area contributed by atoms with Crippen LogP contribution in [0.2, 0.25) is 0 Å². The lowest BCUT2D eigenvalue weighted by molar-refractivity contribution is -0.141. The summed E-state index contributed by atoms with van der Waals surface area (Å²) in [5, 5.41) is 8.69. The van der Waals surface area contributed by atoms with Crippen LogP contribution in [-0.2, 0) is 15.7 Å². The van der Waals surface area contributed by atoms with Crippen molar-refractivity contribution < 1.29 is 27.8 Å². The van der Waals surface area contributed by atoms with Crippen molar-refractivity contribution in [1.29, 1.82) is 0 Å². The molecule has 0 aliphatic carbocycles. The van der Waals surface area contributed by atoms with Gasteiger partial charge in [-0.3, -0.25) is 4.79 Å². The molecular formula is C11H12F3N3O3. The van der Waals surface area contributed by atoms with Crippen molar-refractivity contribution in [2.24, 2.45) is 0 Å². The molecule has 1 unspecified atom stereocenters. The van der Waals surface area contributed by atoms with Gasteiger partial charge in [0.1, 0.15) is 5.69 Å². The molecule has 1 aliphatic rings. The summed E-state index contributed by atoms with van der Waals surface area (Å²) in [5.41, 5.74) is -1.02. The van der Waals surface area contributed by atoms with E-state index in [9.17, 15) is 18.0 Å². The smallest absolute Gasteiger partial charge is 0.433 e. The molecule has 1 N–H and O–H groups in total. The number of carboxylic acid groups (broad SMARTS) is 1. The number of carbonyl (C=O) groups is 1. The van der Waals surface area contributed by atoms with Gasteiger partial charge in [-0.05, 0) is 6.07 Å². The van der Waals surface area contributed by atoms with Crippen molar-refractivity contribution in [2.45, 2.75) is 18.7 Å². The Morgan fingerprint density at radius 1 is 1.55 bits per heavy atom. The molecule has 1 atom stereocenters. The van der Waals surface area contributed by atoms with Gasteiger partial charge in [0.25, 0.3) is 0 Å². The van der Waals surface area contributed by atoms with E-state index in [4.69, 9.17) is 9.84 Å². The molecule has 1 saturated heterocycles. The molecule has 2 heterocycles. The zero-order valence-corrected chi connectivity index (χ0v) is 10.3. The molecule has 1 aliphatic heterocycles. The minimum absolute atomic E-state index is 0.0708. The highest BCUT2D eigenvalue weighted by Crippen LogP contribution is 2.28. The maximum atomic E-state index is 12.6. The fourth-order valence-corrected chi connectivity index (χ4v) is 1.88. The largest absolute Gasteiger partial charge is 0.481 e. The summed E-state index contributed by atoms with van der Waals surface area (Å²) in [6.45, 7) is 0.683. The molecule has 1 fully saturated rings. The lowest BCUT2D eigenvalue weighted by Crippen LogP contribution is -2.44. The second-order valence-electron chi connectivity index (χ2n) is 4.28. The molecule has 1 aromatic rings. The van der Waals surface area contributed by atoms with Crippen molar-refractivity contribution in [3.63, 3.8) is 0 Å². The average molecular weight is 291 g/mol. The highest BCUT2D eigenvalue weighted by atomic mass is 19.4. The molecule has 20 heavy (non-hydrogen) atoms. The van der Waals surface area contributed by atoms with Gasteiger partial charge in [-0.15, -0.1) is 0 Å². The third-order valence-electron chi connectivity index (χ3n) is 2.76. The van der Waals surface area contributed by atoms with Crippen LogP contribution >= 0.6 is 0 Å². The van der Waals surface area contributed by atoms with Crippen LogP contribution in [-0.4, -0.2) is 46.8 Å². The van der Waals surface area contributed by atoms with Crippen LogP contribution in [0.5, 0.6) is 0 Å². The molecule has 0 bridgehead atoms. The Hall–Kier alpha value is -1.90. The van der Waals surface area contributed by atoms with Crippen LogP contribution in [0.3, 0.4) is 0 Å². The Bertz CT molecular complexity index is 495. The minimum atomic E-state index is -4.54. The fraction of sp³-hybridized carbons (Fsp3) is 0.545. The number of rotatable bonds is 3. The maximum Gasteiger partial charge on any atom is 0.433 e. The molecule has 0 saturated carbocycles. The fourth-order valence-electron chi connectivity index (χ4n) is 1.88. The van der Waals surface area contributed by atoms with Crippen LogP contribution in [0.15, 0.2) is 12.3 Å². The number of ether oxygens (including phenoxy) is 1. The number of halogens is 3. The first-order valence-corrected chi connectivity index (χ1v) is 5.85. The second kappa shape index (κ2) is 5.61. The van der Waals surface area contributed by atoms with Crippen LogP contribution in [0.4, 0.5) is 19.1 Å². The van der Waals surface area contributed by atoms with Gasteiger partial charge in [0.15, 0.2) is 0 Å². The minimum Gasteiger partial charge on any atom is -0.481 e. The van der Waals surface area contributed by atoms with E-state index < -0.39 is 23.9 Å². The van der Waals surface area contributed by atoms with E-state index in [0.29, 0.717) is 6.54 Å². The van der Waals surface area contributed by atoms with Gasteiger partial charge in [-0.25, -0.2) is 9.97 Å². The predicted molar refractivity (Wildman–Crippen MR) is 61.2 cm³/mol. The monoisotopic (exact) mass is 291 g/mol. The number of aliphatic carboxylic acids is 1. The lowest BCUT2D eigenvalue weighted by Gasteiger charge is -2.32. The van der Waals surface area contributed by atoms with Crippen LogP contribution in [0.1, 0.15) is 12.1 Å². The molecule has 0 spiro atoms. The Morgan fingerprint density at radius 2 is 2.30 bits per heavy atom. The number of aromatic nitrogens is 2. The van der Waals surface area contributed by atoms with Gasteiger partial charge in [-0.2, -0.15) is 13.2 Å². The summed E-state index contributed by atoms with van der Waals surface area (Å²) in [6, 6.07) is 0.790. The highest BCUT2D eigenvalue weighted by molar-refractivity contribution is 5.67. The summed E-state index contributed by atoms with van der Waals surface area (Å²) < 4.78 is 43.0. The van der Waals surface area contributed by atoms with Crippen molar-refractivity contribution in [3.8, 4) is 0 Å². The Balaban J connectivity index is 2.13. The molecule has 2 rings (SSSR count). The van der Waals surface area contributed by atoms with Crippen molar-refractivity contribution in [3.05, 3.63) is 18.0 Å². The SMILES string of the molecule is O=C(O)CC1CN(c2nccc(C(F)(F)F)n2)CCO1. The zero-order chi connectivity index (χ0) is 14.8. The quantitative estimate of drug-likeness (QED) is 0.901. The first-order valence-electron chi connectivity index (χ1n) is 5.85. The van der Waals surface area contributed by atoms with E-state index in [1.165, 1.54) is 4.90 Å². The first-order chi connectivity index (χ1) is 9.36. The lowest BCUT2D eigenvalue weighted by atomic mass is 10.2. The van der Waals surface area contributed by atoms with E-state index in [0.717, 1.165) is 12.3 Å². The van der Waals surface area contributed by atoms with Gasteiger partial charge in [0.2, 0.25) is 5.95 Å². The predicted octanol–water partition coefficient (Wildman–Crippen LogP) is 1.18. The van der Waals surface area contributed by atoms with Gasteiger partial charge >= 0.3 is 12.1 Å².